The minimum absolute atomic E-state index is 0.386. The summed E-state index contributed by atoms with van der Waals surface area (Å²) in [6, 6.07) is 0. The van der Waals surface area contributed by atoms with E-state index in [4.69, 9.17) is 4.74 Å². The molecule has 2 amide bonds. The molecule has 1 aromatic heterocycles. The number of carbonyl (C=O) groups is 3. The SMILES string of the molecule is Cc1scc(C(=O)NNC(=O)[C@H]2[C@@H](C(=O)O)[C@@H]3CC[C@H]2O3)c1C. The Morgan fingerprint density at radius 2 is 1.83 bits per heavy atom. The Labute approximate surface area is 137 Å². The van der Waals surface area contributed by atoms with Crippen LogP contribution in [0.2, 0.25) is 0 Å². The molecule has 3 rings (SSSR count). The van der Waals surface area contributed by atoms with Gasteiger partial charge in [-0.15, -0.1) is 11.3 Å². The monoisotopic (exact) mass is 338 g/mol. The van der Waals surface area contributed by atoms with Gasteiger partial charge in [-0.2, -0.15) is 0 Å². The number of aliphatic carboxylic acids is 1. The Hall–Kier alpha value is -1.93. The number of carboxylic acids is 1. The lowest BCUT2D eigenvalue weighted by atomic mass is 9.79. The van der Waals surface area contributed by atoms with Gasteiger partial charge in [-0.25, -0.2) is 0 Å². The van der Waals surface area contributed by atoms with Gasteiger partial charge in [0.1, 0.15) is 0 Å². The number of rotatable bonds is 3. The smallest absolute Gasteiger partial charge is 0.310 e. The molecule has 0 aliphatic carbocycles. The number of carbonyl (C=O) groups excluding carboxylic acids is 2. The zero-order chi connectivity index (χ0) is 16.7. The van der Waals surface area contributed by atoms with Gasteiger partial charge in [-0.05, 0) is 32.3 Å². The molecule has 2 saturated heterocycles. The van der Waals surface area contributed by atoms with E-state index < -0.39 is 35.7 Å². The molecular weight excluding hydrogens is 320 g/mol. The van der Waals surface area contributed by atoms with Gasteiger partial charge in [-0.1, -0.05) is 0 Å². The number of fused-ring (bicyclic) bond motifs is 2. The van der Waals surface area contributed by atoms with E-state index >= 15 is 0 Å². The zero-order valence-electron chi connectivity index (χ0n) is 12.8. The fraction of sp³-hybridized carbons (Fsp3) is 0.533. The average molecular weight is 338 g/mol. The highest BCUT2D eigenvalue weighted by Crippen LogP contribution is 2.43. The summed E-state index contributed by atoms with van der Waals surface area (Å²) in [6.07, 6.45) is 0.530. The molecule has 0 radical (unpaired) electrons. The maximum Gasteiger partial charge on any atom is 0.310 e. The lowest BCUT2D eigenvalue weighted by molar-refractivity contribution is -0.148. The highest BCUT2D eigenvalue weighted by Gasteiger charge is 2.55. The summed E-state index contributed by atoms with van der Waals surface area (Å²) in [4.78, 5) is 36.8. The Bertz CT molecular complexity index is 671. The fourth-order valence-corrected chi connectivity index (χ4v) is 4.20. The molecule has 0 aromatic carbocycles. The molecule has 0 spiro atoms. The van der Waals surface area contributed by atoms with Crippen LogP contribution < -0.4 is 10.9 Å². The fourth-order valence-electron chi connectivity index (χ4n) is 3.33. The molecule has 3 N–H and O–H groups in total. The van der Waals surface area contributed by atoms with Crippen molar-refractivity contribution < 1.29 is 24.2 Å². The molecular formula is C15H18N2O5S. The van der Waals surface area contributed by atoms with E-state index in [0.29, 0.717) is 18.4 Å². The molecule has 23 heavy (non-hydrogen) atoms. The molecule has 0 saturated carbocycles. The first-order chi connectivity index (χ1) is 10.9. The predicted octanol–water partition coefficient (Wildman–Crippen LogP) is 1.00. The number of aryl methyl sites for hydroxylation is 1. The first kappa shape index (κ1) is 15.9. The number of amides is 2. The van der Waals surface area contributed by atoms with Gasteiger partial charge >= 0.3 is 5.97 Å². The van der Waals surface area contributed by atoms with E-state index in [1.807, 2.05) is 13.8 Å². The van der Waals surface area contributed by atoms with Gasteiger partial charge in [0.2, 0.25) is 5.91 Å². The second-order valence-corrected chi connectivity index (χ2v) is 7.04. The Balaban J connectivity index is 1.64. The summed E-state index contributed by atoms with van der Waals surface area (Å²) >= 11 is 1.46. The van der Waals surface area contributed by atoms with Crippen LogP contribution in [-0.4, -0.2) is 35.1 Å². The largest absolute Gasteiger partial charge is 0.481 e. The molecule has 7 nitrogen and oxygen atoms in total. The third kappa shape index (κ3) is 2.72. The van der Waals surface area contributed by atoms with Crippen LogP contribution in [0.15, 0.2) is 5.38 Å². The van der Waals surface area contributed by atoms with Crippen molar-refractivity contribution in [3.63, 3.8) is 0 Å². The first-order valence-corrected chi connectivity index (χ1v) is 8.31. The summed E-state index contributed by atoms with van der Waals surface area (Å²) in [5, 5.41) is 11.0. The summed E-state index contributed by atoms with van der Waals surface area (Å²) in [7, 11) is 0. The van der Waals surface area contributed by atoms with Crippen molar-refractivity contribution in [2.45, 2.75) is 38.9 Å². The normalized spacial score (nSPS) is 28.6. The standard InChI is InChI=1S/C15H18N2O5S/c1-6-7(2)23-5-8(6)13(18)16-17-14(19)11-9-3-4-10(22-9)12(11)15(20)21/h5,9-12H,3-4H2,1-2H3,(H,16,18)(H,17,19)(H,20,21)/t9-,10+,11-,12+/m1/s1. The maximum absolute atomic E-state index is 12.3. The molecule has 0 unspecified atom stereocenters. The number of ether oxygens (including phenoxy) is 1. The Morgan fingerprint density at radius 3 is 2.39 bits per heavy atom. The Kier molecular flexibility index (Phi) is 4.11. The van der Waals surface area contributed by atoms with E-state index in [0.717, 1.165) is 10.4 Å². The number of hydrogen-bond donors (Lipinski definition) is 3. The molecule has 2 fully saturated rings. The lowest BCUT2D eigenvalue weighted by Gasteiger charge is -2.23. The minimum Gasteiger partial charge on any atom is -0.481 e. The van der Waals surface area contributed by atoms with Crippen LogP contribution in [0.25, 0.3) is 0 Å². The van der Waals surface area contributed by atoms with Crippen molar-refractivity contribution in [3.8, 4) is 0 Å². The minimum atomic E-state index is -1.03. The van der Waals surface area contributed by atoms with Gasteiger partial charge < -0.3 is 9.84 Å². The summed E-state index contributed by atoms with van der Waals surface area (Å²) in [5.74, 6) is -3.57. The van der Waals surface area contributed by atoms with Crippen molar-refractivity contribution in [3.05, 3.63) is 21.4 Å². The van der Waals surface area contributed by atoms with Crippen molar-refractivity contribution >= 4 is 29.1 Å². The lowest BCUT2D eigenvalue weighted by Crippen LogP contribution is -2.50. The van der Waals surface area contributed by atoms with Crippen LogP contribution in [0, 0.1) is 25.7 Å². The second kappa shape index (κ2) is 5.93. The van der Waals surface area contributed by atoms with Gasteiger partial charge in [0.25, 0.3) is 5.91 Å². The molecule has 3 heterocycles. The van der Waals surface area contributed by atoms with E-state index in [1.54, 1.807) is 5.38 Å². The molecule has 4 atom stereocenters. The van der Waals surface area contributed by atoms with E-state index in [9.17, 15) is 19.5 Å². The van der Waals surface area contributed by atoms with Gasteiger partial charge in [0.05, 0.1) is 29.6 Å². The van der Waals surface area contributed by atoms with Crippen LogP contribution in [0.3, 0.4) is 0 Å². The van der Waals surface area contributed by atoms with Gasteiger partial charge in [0.15, 0.2) is 0 Å². The Morgan fingerprint density at radius 1 is 1.17 bits per heavy atom. The third-order valence-corrected chi connectivity index (χ3v) is 5.70. The van der Waals surface area contributed by atoms with Gasteiger partial charge in [0, 0.05) is 10.3 Å². The van der Waals surface area contributed by atoms with Crippen LogP contribution in [-0.2, 0) is 14.3 Å². The quantitative estimate of drug-likeness (QED) is 0.713. The van der Waals surface area contributed by atoms with Gasteiger partial charge in [-0.3, -0.25) is 25.2 Å². The van der Waals surface area contributed by atoms with Crippen molar-refractivity contribution in [2.24, 2.45) is 11.8 Å². The average Bonchev–Trinajstić information content (AvgIpc) is 3.20. The highest BCUT2D eigenvalue weighted by molar-refractivity contribution is 7.10. The van der Waals surface area contributed by atoms with Crippen LogP contribution >= 0.6 is 11.3 Å². The van der Waals surface area contributed by atoms with Crippen molar-refractivity contribution in [1.29, 1.82) is 0 Å². The molecule has 2 bridgehead atoms. The predicted molar refractivity (Wildman–Crippen MR) is 81.9 cm³/mol. The second-order valence-electron chi connectivity index (χ2n) is 5.95. The first-order valence-electron chi connectivity index (χ1n) is 7.43. The summed E-state index contributed by atoms with van der Waals surface area (Å²) in [6.45, 7) is 3.76. The van der Waals surface area contributed by atoms with Crippen molar-refractivity contribution in [1.82, 2.24) is 10.9 Å². The van der Waals surface area contributed by atoms with E-state index in [-0.39, 0.29) is 6.10 Å². The molecule has 124 valence electrons. The molecule has 2 aliphatic heterocycles. The zero-order valence-corrected chi connectivity index (χ0v) is 13.6. The number of thiophene rings is 1. The molecule has 1 aromatic rings. The van der Waals surface area contributed by atoms with Crippen LogP contribution in [0.5, 0.6) is 0 Å². The number of carboxylic acid groups (broad SMARTS) is 1. The van der Waals surface area contributed by atoms with Crippen LogP contribution in [0.1, 0.15) is 33.6 Å². The van der Waals surface area contributed by atoms with Crippen LogP contribution in [0.4, 0.5) is 0 Å². The number of nitrogens with one attached hydrogen (secondary N) is 2. The molecule has 8 heteroatoms. The highest BCUT2D eigenvalue weighted by atomic mass is 32.1. The summed E-state index contributed by atoms with van der Waals surface area (Å²) in [5.41, 5.74) is 6.10. The maximum atomic E-state index is 12.3. The number of hydrazine groups is 1. The molecule has 2 aliphatic rings. The number of hydrogen-bond acceptors (Lipinski definition) is 5. The topological polar surface area (TPSA) is 105 Å². The third-order valence-electron chi connectivity index (χ3n) is 4.69. The van der Waals surface area contributed by atoms with E-state index in [1.165, 1.54) is 11.3 Å². The van der Waals surface area contributed by atoms with Crippen molar-refractivity contribution in [2.75, 3.05) is 0 Å². The summed E-state index contributed by atoms with van der Waals surface area (Å²) < 4.78 is 5.54. The van der Waals surface area contributed by atoms with E-state index in [2.05, 4.69) is 10.9 Å².